The van der Waals surface area contributed by atoms with E-state index in [1.807, 2.05) is 4.90 Å². The van der Waals surface area contributed by atoms with Gasteiger partial charge in [0.05, 0.1) is 0 Å². The third-order valence-electron chi connectivity index (χ3n) is 2.45. The number of aromatic nitrogens is 2. The highest BCUT2D eigenvalue weighted by Gasteiger charge is 2.20. The van der Waals surface area contributed by atoms with Crippen LogP contribution in [0.15, 0.2) is 0 Å². The molecule has 0 saturated carbocycles. The summed E-state index contributed by atoms with van der Waals surface area (Å²) < 4.78 is 11.3. The molecule has 16 heavy (non-hydrogen) atoms. The van der Waals surface area contributed by atoms with Gasteiger partial charge >= 0.3 is 0 Å². The molecule has 88 valence electrons. The van der Waals surface area contributed by atoms with Gasteiger partial charge in [0.25, 0.3) is 0 Å². The summed E-state index contributed by atoms with van der Waals surface area (Å²) in [5.74, 6) is 2.86. The van der Waals surface area contributed by atoms with Gasteiger partial charge < -0.3 is 10.6 Å². The van der Waals surface area contributed by atoms with Gasteiger partial charge in [-0.3, -0.25) is 4.21 Å². The first-order chi connectivity index (χ1) is 7.58. The average Bonchev–Trinajstić information content (AvgIpc) is 2.25. The summed E-state index contributed by atoms with van der Waals surface area (Å²) in [6, 6.07) is 0. The van der Waals surface area contributed by atoms with Crippen molar-refractivity contribution in [1.82, 2.24) is 9.97 Å². The van der Waals surface area contributed by atoms with Crippen LogP contribution in [0.1, 0.15) is 5.82 Å². The largest absolute Gasteiger partial charge is 0.382 e. The number of hydrogen-bond acceptors (Lipinski definition) is 5. The fraction of sp³-hybridized carbons (Fsp3) is 0.556. The second kappa shape index (κ2) is 4.55. The number of nitrogen functional groups attached to an aromatic ring is 1. The fourth-order valence-corrected chi connectivity index (χ4v) is 2.88. The molecule has 0 aromatic carbocycles. The summed E-state index contributed by atoms with van der Waals surface area (Å²) in [4.78, 5) is 10.3. The Kier molecular flexibility index (Phi) is 3.30. The van der Waals surface area contributed by atoms with Gasteiger partial charge in [-0.05, 0) is 6.92 Å². The lowest BCUT2D eigenvalue weighted by atomic mass is 10.4. The molecule has 1 saturated heterocycles. The minimum Gasteiger partial charge on any atom is -0.382 e. The van der Waals surface area contributed by atoms with Gasteiger partial charge in [-0.1, -0.05) is 11.6 Å². The quantitative estimate of drug-likeness (QED) is 0.800. The van der Waals surface area contributed by atoms with Crippen molar-refractivity contribution in [2.75, 3.05) is 35.2 Å². The minimum atomic E-state index is -0.711. The molecule has 7 heteroatoms. The van der Waals surface area contributed by atoms with Crippen molar-refractivity contribution < 1.29 is 4.21 Å². The summed E-state index contributed by atoms with van der Waals surface area (Å²) in [5, 5.41) is 0.387. The topological polar surface area (TPSA) is 72.1 Å². The van der Waals surface area contributed by atoms with Gasteiger partial charge in [-0.15, -0.1) is 0 Å². The average molecular weight is 261 g/mol. The zero-order valence-electron chi connectivity index (χ0n) is 8.94. The van der Waals surface area contributed by atoms with Crippen molar-refractivity contribution in [1.29, 1.82) is 0 Å². The fourth-order valence-electron chi connectivity index (χ4n) is 1.62. The smallest absolute Gasteiger partial charge is 0.153 e. The van der Waals surface area contributed by atoms with Crippen LogP contribution in [0, 0.1) is 6.92 Å². The first-order valence-corrected chi connectivity index (χ1v) is 6.84. The zero-order valence-corrected chi connectivity index (χ0v) is 10.5. The van der Waals surface area contributed by atoms with E-state index in [0.29, 0.717) is 47.1 Å². The van der Waals surface area contributed by atoms with E-state index in [-0.39, 0.29) is 0 Å². The highest BCUT2D eigenvalue weighted by Crippen LogP contribution is 2.28. The lowest BCUT2D eigenvalue weighted by Gasteiger charge is -2.28. The van der Waals surface area contributed by atoms with Crippen LogP contribution in [0.25, 0.3) is 0 Å². The standard InChI is InChI=1S/C9H13ClN4OS/c1-6-12-8(11)7(10)9(13-6)14-2-4-16(15)5-3-14/h2-5H2,1H3,(H2,11,12,13). The number of nitrogens with zero attached hydrogens (tertiary/aromatic N) is 3. The lowest BCUT2D eigenvalue weighted by molar-refractivity contribution is 0.672. The Labute approximate surface area is 101 Å². The van der Waals surface area contributed by atoms with Crippen LogP contribution in [-0.2, 0) is 10.8 Å². The maximum absolute atomic E-state index is 11.3. The first kappa shape index (κ1) is 11.6. The molecule has 0 aliphatic carbocycles. The van der Waals surface area contributed by atoms with E-state index in [1.165, 1.54) is 0 Å². The molecule has 0 spiro atoms. The number of hydrogen-bond donors (Lipinski definition) is 1. The van der Waals surface area contributed by atoms with Gasteiger partial charge in [0.1, 0.15) is 16.7 Å². The van der Waals surface area contributed by atoms with Crippen LogP contribution in [0.4, 0.5) is 11.6 Å². The van der Waals surface area contributed by atoms with Gasteiger partial charge in [0.15, 0.2) is 5.82 Å². The molecule has 1 aliphatic rings. The summed E-state index contributed by atoms with van der Waals surface area (Å²) in [5.41, 5.74) is 5.69. The van der Waals surface area contributed by atoms with Crippen LogP contribution in [0.3, 0.4) is 0 Å². The van der Waals surface area contributed by atoms with Gasteiger partial charge in [-0.2, -0.15) is 0 Å². The van der Waals surface area contributed by atoms with E-state index in [0.717, 1.165) is 0 Å². The molecule has 0 unspecified atom stereocenters. The third kappa shape index (κ3) is 2.27. The van der Waals surface area contributed by atoms with Gasteiger partial charge in [0, 0.05) is 35.4 Å². The molecule has 0 amide bonds. The van der Waals surface area contributed by atoms with Crippen LogP contribution in [0.2, 0.25) is 5.02 Å². The van der Waals surface area contributed by atoms with Gasteiger partial charge in [0.2, 0.25) is 0 Å². The maximum Gasteiger partial charge on any atom is 0.153 e. The highest BCUT2D eigenvalue weighted by atomic mass is 35.5. The van der Waals surface area contributed by atoms with E-state index in [9.17, 15) is 4.21 Å². The molecule has 5 nitrogen and oxygen atoms in total. The predicted molar refractivity (Wildman–Crippen MR) is 66.3 cm³/mol. The number of nitrogens with two attached hydrogens (primary N) is 1. The Bertz CT molecular complexity index is 430. The molecule has 1 aliphatic heterocycles. The Morgan fingerprint density at radius 3 is 2.62 bits per heavy atom. The molecular formula is C9H13ClN4OS. The van der Waals surface area contributed by atoms with Gasteiger partial charge in [-0.25, -0.2) is 9.97 Å². The SMILES string of the molecule is Cc1nc(N)c(Cl)c(N2CCS(=O)CC2)n1. The first-order valence-electron chi connectivity index (χ1n) is 4.97. The van der Waals surface area contributed by atoms with E-state index >= 15 is 0 Å². The second-order valence-corrected chi connectivity index (χ2v) is 5.70. The number of halogens is 1. The van der Waals surface area contributed by atoms with Crippen LogP contribution in [-0.4, -0.2) is 38.8 Å². The molecule has 1 aromatic rings. The Morgan fingerprint density at radius 1 is 1.38 bits per heavy atom. The Hall–Kier alpha value is -0.880. The van der Waals surface area contributed by atoms with Crippen LogP contribution in [0.5, 0.6) is 0 Å². The molecular weight excluding hydrogens is 248 g/mol. The minimum absolute atomic E-state index is 0.302. The summed E-state index contributed by atoms with van der Waals surface area (Å²) in [6.45, 7) is 3.17. The summed E-state index contributed by atoms with van der Waals surface area (Å²) in [7, 11) is -0.711. The van der Waals surface area contributed by atoms with Crippen molar-refractivity contribution >= 4 is 34.0 Å². The molecule has 0 bridgehead atoms. The van der Waals surface area contributed by atoms with Crippen LogP contribution < -0.4 is 10.6 Å². The zero-order chi connectivity index (χ0) is 11.7. The van der Waals surface area contributed by atoms with E-state index in [2.05, 4.69) is 9.97 Å². The van der Waals surface area contributed by atoms with E-state index in [1.54, 1.807) is 6.92 Å². The maximum atomic E-state index is 11.3. The van der Waals surface area contributed by atoms with Crippen molar-refractivity contribution in [2.24, 2.45) is 0 Å². The Morgan fingerprint density at radius 2 is 2.00 bits per heavy atom. The molecule has 0 radical (unpaired) electrons. The lowest BCUT2D eigenvalue weighted by Crippen LogP contribution is -2.38. The monoisotopic (exact) mass is 260 g/mol. The second-order valence-electron chi connectivity index (χ2n) is 3.63. The summed E-state index contributed by atoms with van der Waals surface area (Å²) >= 11 is 6.07. The Balaban J connectivity index is 2.29. The third-order valence-corrected chi connectivity index (χ3v) is 4.09. The molecule has 0 atom stereocenters. The van der Waals surface area contributed by atoms with Crippen molar-refractivity contribution in [3.63, 3.8) is 0 Å². The molecule has 2 N–H and O–H groups in total. The molecule has 1 aromatic heterocycles. The number of aryl methyl sites for hydroxylation is 1. The predicted octanol–water partition coefficient (Wildman–Crippen LogP) is 0.589. The van der Waals surface area contributed by atoms with Crippen molar-refractivity contribution in [3.05, 3.63) is 10.8 Å². The number of anilines is 2. The normalized spacial score (nSPS) is 17.8. The van der Waals surface area contributed by atoms with E-state index in [4.69, 9.17) is 17.3 Å². The van der Waals surface area contributed by atoms with Crippen LogP contribution >= 0.6 is 11.6 Å². The summed E-state index contributed by atoms with van der Waals surface area (Å²) in [6.07, 6.45) is 0. The molecule has 2 heterocycles. The van der Waals surface area contributed by atoms with Crippen molar-refractivity contribution in [3.8, 4) is 0 Å². The van der Waals surface area contributed by atoms with Crippen molar-refractivity contribution in [2.45, 2.75) is 6.92 Å². The molecule has 2 rings (SSSR count). The molecule has 1 fully saturated rings. The van der Waals surface area contributed by atoms with E-state index < -0.39 is 10.8 Å². The highest BCUT2D eigenvalue weighted by molar-refractivity contribution is 7.85. The number of rotatable bonds is 1.